The lowest BCUT2D eigenvalue weighted by molar-refractivity contribution is 0.403. The Balaban J connectivity index is 1.47. The van der Waals surface area contributed by atoms with E-state index in [9.17, 15) is 0 Å². The Kier molecular flexibility index (Phi) is 2.28. The minimum atomic E-state index is 0.731. The van der Waals surface area contributed by atoms with Crippen LogP contribution in [0.2, 0.25) is 0 Å². The highest BCUT2D eigenvalue weighted by Crippen LogP contribution is 2.60. The maximum absolute atomic E-state index is 3.63. The summed E-state index contributed by atoms with van der Waals surface area (Å²) >= 11 is 0. The van der Waals surface area contributed by atoms with Gasteiger partial charge < -0.3 is 5.32 Å². The summed E-state index contributed by atoms with van der Waals surface area (Å²) in [4.78, 5) is 0. The largest absolute Gasteiger partial charge is 0.312 e. The molecule has 0 spiro atoms. The van der Waals surface area contributed by atoms with Gasteiger partial charge in [-0.2, -0.15) is 0 Å². The molecule has 0 amide bonds. The molecule has 0 aromatic heterocycles. The first-order valence-corrected chi connectivity index (χ1v) is 6.14. The predicted molar refractivity (Wildman–Crippen MR) is 62.5 cm³/mol. The Bertz CT molecular complexity index is 322. The third-order valence-electron chi connectivity index (χ3n) is 3.98. The topological polar surface area (TPSA) is 12.0 Å². The maximum Gasteiger partial charge on any atom is 0.0205 e. The fourth-order valence-electron chi connectivity index (χ4n) is 2.64. The van der Waals surface area contributed by atoms with Crippen molar-refractivity contribution < 1.29 is 0 Å². The standard InChI is InChI=1S/C14H19N/c1-2-4-12(5-3-1)10-15-11-14(8-9-14)13-6-7-13/h1-5,13,15H,6-11H2. The molecule has 1 aromatic carbocycles. The highest BCUT2D eigenvalue weighted by Gasteiger charge is 2.53. The minimum Gasteiger partial charge on any atom is -0.312 e. The summed E-state index contributed by atoms with van der Waals surface area (Å²) in [5.74, 6) is 1.07. The van der Waals surface area contributed by atoms with Gasteiger partial charge in [-0.15, -0.1) is 0 Å². The fourth-order valence-corrected chi connectivity index (χ4v) is 2.64. The Labute approximate surface area is 91.9 Å². The molecular formula is C14H19N. The average molecular weight is 201 g/mol. The van der Waals surface area contributed by atoms with Crippen molar-refractivity contribution >= 4 is 0 Å². The van der Waals surface area contributed by atoms with Gasteiger partial charge in [-0.3, -0.25) is 0 Å². The van der Waals surface area contributed by atoms with Gasteiger partial charge in [0.05, 0.1) is 0 Å². The molecule has 2 aliphatic rings. The van der Waals surface area contributed by atoms with Crippen LogP contribution in [0.5, 0.6) is 0 Å². The Morgan fingerprint density at radius 3 is 2.47 bits per heavy atom. The van der Waals surface area contributed by atoms with Gasteiger partial charge in [-0.1, -0.05) is 30.3 Å². The summed E-state index contributed by atoms with van der Waals surface area (Å²) in [5, 5.41) is 3.63. The molecule has 1 nitrogen and oxygen atoms in total. The highest BCUT2D eigenvalue weighted by atomic mass is 14.9. The lowest BCUT2D eigenvalue weighted by atomic mass is 10.0. The van der Waals surface area contributed by atoms with Crippen LogP contribution in [0, 0.1) is 11.3 Å². The van der Waals surface area contributed by atoms with Crippen LogP contribution in [0.15, 0.2) is 30.3 Å². The van der Waals surface area contributed by atoms with Crippen molar-refractivity contribution in [3.8, 4) is 0 Å². The quantitative estimate of drug-likeness (QED) is 0.772. The van der Waals surface area contributed by atoms with E-state index in [-0.39, 0.29) is 0 Å². The Hall–Kier alpha value is -0.820. The molecule has 0 heterocycles. The van der Waals surface area contributed by atoms with Crippen LogP contribution in [0.25, 0.3) is 0 Å². The van der Waals surface area contributed by atoms with Crippen molar-refractivity contribution in [3.63, 3.8) is 0 Å². The molecule has 3 rings (SSSR count). The molecule has 0 saturated heterocycles. The van der Waals surface area contributed by atoms with Gasteiger partial charge >= 0.3 is 0 Å². The monoisotopic (exact) mass is 201 g/mol. The third-order valence-corrected chi connectivity index (χ3v) is 3.98. The van der Waals surface area contributed by atoms with E-state index in [1.807, 2.05) is 0 Å². The third kappa shape index (κ3) is 2.07. The van der Waals surface area contributed by atoms with Crippen molar-refractivity contribution in [1.29, 1.82) is 0 Å². The molecule has 2 fully saturated rings. The number of benzene rings is 1. The summed E-state index contributed by atoms with van der Waals surface area (Å²) in [5.41, 5.74) is 2.14. The van der Waals surface area contributed by atoms with Crippen LogP contribution in [0.1, 0.15) is 31.2 Å². The second kappa shape index (κ2) is 3.64. The van der Waals surface area contributed by atoms with Gasteiger partial charge in [0.1, 0.15) is 0 Å². The summed E-state index contributed by atoms with van der Waals surface area (Å²) in [6.07, 6.45) is 5.93. The summed E-state index contributed by atoms with van der Waals surface area (Å²) in [7, 11) is 0. The zero-order valence-electron chi connectivity index (χ0n) is 9.21. The van der Waals surface area contributed by atoms with Gasteiger partial charge in [0.15, 0.2) is 0 Å². The molecule has 80 valence electrons. The van der Waals surface area contributed by atoms with Crippen molar-refractivity contribution in [2.75, 3.05) is 6.54 Å². The van der Waals surface area contributed by atoms with E-state index in [0.717, 1.165) is 17.9 Å². The predicted octanol–water partition coefficient (Wildman–Crippen LogP) is 2.97. The number of rotatable bonds is 5. The zero-order chi connectivity index (χ0) is 10.1. The van der Waals surface area contributed by atoms with Crippen molar-refractivity contribution in [2.24, 2.45) is 11.3 Å². The molecule has 15 heavy (non-hydrogen) atoms. The van der Waals surface area contributed by atoms with E-state index in [4.69, 9.17) is 0 Å². The number of nitrogens with one attached hydrogen (secondary N) is 1. The minimum absolute atomic E-state index is 0.731. The number of hydrogen-bond acceptors (Lipinski definition) is 1. The molecule has 2 saturated carbocycles. The summed E-state index contributed by atoms with van der Waals surface area (Å²) in [6.45, 7) is 2.28. The van der Waals surface area contributed by atoms with Crippen LogP contribution in [-0.2, 0) is 6.54 Å². The molecule has 1 aromatic rings. The number of hydrogen-bond donors (Lipinski definition) is 1. The average Bonchev–Trinajstić information content (AvgIpc) is 3.14. The molecule has 0 radical (unpaired) electrons. The molecule has 1 N–H and O–H groups in total. The molecule has 2 aliphatic carbocycles. The molecule has 0 unspecified atom stereocenters. The van der Waals surface area contributed by atoms with E-state index in [1.165, 1.54) is 37.8 Å². The van der Waals surface area contributed by atoms with Gasteiger partial charge in [0.2, 0.25) is 0 Å². The van der Waals surface area contributed by atoms with Crippen molar-refractivity contribution in [3.05, 3.63) is 35.9 Å². The second-order valence-corrected chi connectivity index (χ2v) is 5.23. The van der Waals surface area contributed by atoms with Crippen LogP contribution in [-0.4, -0.2) is 6.54 Å². The van der Waals surface area contributed by atoms with E-state index in [1.54, 1.807) is 0 Å². The molecule has 0 bridgehead atoms. The first kappa shape index (κ1) is 9.41. The lowest BCUT2D eigenvalue weighted by Crippen LogP contribution is -2.24. The van der Waals surface area contributed by atoms with E-state index in [0.29, 0.717) is 0 Å². The molecule has 1 heteroatoms. The molecule has 0 atom stereocenters. The van der Waals surface area contributed by atoms with Crippen LogP contribution in [0.3, 0.4) is 0 Å². The SMILES string of the molecule is c1ccc(CNCC2(C3CC3)CC2)cc1. The first-order valence-electron chi connectivity index (χ1n) is 6.14. The van der Waals surface area contributed by atoms with Crippen molar-refractivity contribution in [1.82, 2.24) is 5.32 Å². The van der Waals surface area contributed by atoms with Crippen molar-refractivity contribution in [2.45, 2.75) is 32.2 Å². The highest BCUT2D eigenvalue weighted by molar-refractivity contribution is 5.14. The van der Waals surface area contributed by atoms with Gasteiger partial charge in [0.25, 0.3) is 0 Å². The summed E-state index contributed by atoms with van der Waals surface area (Å²) in [6, 6.07) is 10.7. The Morgan fingerprint density at radius 1 is 1.13 bits per heavy atom. The zero-order valence-corrected chi connectivity index (χ0v) is 9.21. The summed E-state index contributed by atoms with van der Waals surface area (Å²) < 4.78 is 0. The smallest absolute Gasteiger partial charge is 0.0205 e. The van der Waals surface area contributed by atoms with Gasteiger partial charge in [0, 0.05) is 13.1 Å². The van der Waals surface area contributed by atoms with Crippen LogP contribution < -0.4 is 5.32 Å². The first-order chi connectivity index (χ1) is 7.39. The van der Waals surface area contributed by atoms with Crippen LogP contribution in [0.4, 0.5) is 0 Å². The normalized spacial score (nSPS) is 22.7. The Morgan fingerprint density at radius 2 is 1.87 bits per heavy atom. The molecular weight excluding hydrogens is 182 g/mol. The second-order valence-electron chi connectivity index (χ2n) is 5.23. The van der Waals surface area contributed by atoms with E-state index in [2.05, 4.69) is 35.6 Å². The van der Waals surface area contributed by atoms with Crippen LogP contribution >= 0.6 is 0 Å². The van der Waals surface area contributed by atoms with Gasteiger partial charge in [-0.25, -0.2) is 0 Å². The van der Waals surface area contributed by atoms with E-state index >= 15 is 0 Å². The fraction of sp³-hybridized carbons (Fsp3) is 0.571. The lowest BCUT2D eigenvalue weighted by Gasteiger charge is -2.14. The van der Waals surface area contributed by atoms with E-state index < -0.39 is 0 Å². The van der Waals surface area contributed by atoms with Gasteiger partial charge in [-0.05, 0) is 42.6 Å². The molecule has 0 aliphatic heterocycles. The maximum atomic E-state index is 3.63.